The maximum atomic E-state index is 14.7. The molecule has 1 saturated heterocycles. The molecule has 3 aliphatic carbocycles. The normalized spacial score (nSPS) is 31.2. The molecule has 1 aromatic carbocycles. The number of aliphatic carboxylic acids is 1. The Kier molecular flexibility index (Phi) is 7.36. The maximum Gasteiger partial charge on any atom is 0.330 e. The van der Waals surface area contributed by atoms with Crippen LogP contribution in [0.15, 0.2) is 52.7 Å². The number of allylic oxidation sites excluding steroid dienone is 5. The number of carboxylic acid groups (broad SMARTS) is 1. The Morgan fingerprint density at radius 1 is 1.00 bits per heavy atom. The maximum absolute atomic E-state index is 14.7. The molecule has 1 aromatic rings. The van der Waals surface area contributed by atoms with Crippen LogP contribution in [0.25, 0.3) is 6.08 Å². The lowest BCUT2D eigenvalue weighted by atomic mass is 9.51. The highest BCUT2D eigenvalue weighted by atomic mass is 16.6. The van der Waals surface area contributed by atoms with Gasteiger partial charge in [-0.15, -0.1) is 0 Å². The third-order valence-corrected chi connectivity index (χ3v) is 10.5. The molecule has 2 fully saturated rings. The fourth-order valence-electron chi connectivity index (χ4n) is 8.17. The molecule has 0 amide bonds. The van der Waals surface area contributed by atoms with Gasteiger partial charge in [-0.2, -0.15) is 0 Å². The van der Waals surface area contributed by atoms with E-state index in [4.69, 9.17) is 14.2 Å². The van der Waals surface area contributed by atoms with Crippen molar-refractivity contribution in [2.75, 3.05) is 0 Å². The summed E-state index contributed by atoms with van der Waals surface area (Å²) in [6.07, 6.45) is 13.4. The summed E-state index contributed by atoms with van der Waals surface area (Å²) < 4.78 is 20.6. The van der Waals surface area contributed by atoms with Crippen LogP contribution in [0.4, 0.5) is 0 Å². The van der Waals surface area contributed by atoms with E-state index in [9.17, 15) is 24.6 Å². The zero-order chi connectivity index (χ0) is 33.6. The van der Waals surface area contributed by atoms with Gasteiger partial charge in [0.15, 0.2) is 22.8 Å². The predicted molar refractivity (Wildman–Crippen MR) is 174 cm³/mol. The quantitative estimate of drug-likeness (QED) is 0.228. The van der Waals surface area contributed by atoms with Crippen LogP contribution >= 0.6 is 0 Å². The second kappa shape index (κ2) is 10.6. The van der Waals surface area contributed by atoms with Crippen LogP contribution in [0, 0.1) is 11.8 Å². The molecule has 7 rings (SSSR count). The molecule has 1 spiro atoms. The van der Waals surface area contributed by atoms with E-state index in [1.54, 1.807) is 6.08 Å². The standard InChI is InChI=1S/C38H44O8/c1-20(2)10-9-15-36(8)16-14-24-29(39)28-30(40)26-18-23-19-27-35(6,7)46-37(33(23)41,17-13-22(5)34(42)43)38(26,27)45-32(28)25(31(24)44-36)12-11-21(3)4/h10-11,13-14,16,18,23,27,39H,9,12,15,17,19H2,1-8H3,(H,42,43)/b22-13+/t23?,27?,36-,37+,38+/m0/s1. The molecule has 3 heterocycles. The average molecular weight is 629 g/mol. The zero-order valence-electron chi connectivity index (χ0n) is 28.0. The van der Waals surface area contributed by atoms with Crippen molar-refractivity contribution in [3.05, 3.63) is 69.4 Å². The van der Waals surface area contributed by atoms with Crippen LogP contribution in [0.5, 0.6) is 17.2 Å². The van der Waals surface area contributed by atoms with Crippen LogP contribution in [-0.2, 0) is 20.7 Å². The lowest BCUT2D eigenvalue weighted by Gasteiger charge is -2.56. The van der Waals surface area contributed by atoms with Crippen LogP contribution in [0.3, 0.4) is 0 Å². The number of fused-ring (bicyclic) bond motifs is 2. The summed E-state index contributed by atoms with van der Waals surface area (Å²) in [7, 11) is 0. The second-order valence-corrected chi connectivity index (χ2v) is 14.8. The van der Waals surface area contributed by atoms with Gasteiger partial charge in [-0.05, 0) is 93.2 Å². The molecule has 8 nitrogen and oxygen atoms in total. The number of ether oxygens (including phenoxy) is 3. The number of Topliss-reactive ketones (excluding diaryl/α,β-unsaturated/α-hetero) is 2. The molecule has 1 saturated carbocycles. The third-order valence-electron chi connectivity index (χ3n) is 10.5. The number of aromatic hydroxyl groups is 1. The topological polar surface area (TPSA) is 119 Å². The van der Waals surface area contributed by atoms with Gasteiger partial charge in [-0.25, -0.2) is 4.79 Å². The number of carboxylic acids is 1. The van der Waals surface area contributed by atoms with Gasteiger partial charge in [0.25, 0.3) is 0 Å². The fraction of sp³-hybridized carbons (Fsp3) is 0.500. The smallest absolute Gasteiger partial charge is 0.330 e. The Balaban J connectivity index is 1.59. The third kappa shape index (κ3) is 4.47. The summed E-state index contributed by atoms with van der Waals surface area (Å²) in [5.74, 6) is -2.28. The number of ketones is 2. The molecular formula is C38H44O8. The van der Waals surface area contributed by atoms with Gasteiger partial charge >= 0.3 is 5.97 Å². The minimum atomic E-state index is -1.63. The molecule has 46 heavy (non-hydrogen) atoms. The largest absolute Gasteiger partial charge is 0.506 e. The van der Waals surface area contributed by atoms with E-state index < -0.39 is 40.1 Å². The summed E-state index contributed by atoms with van der Waals surface area (Å²) in [6.45, 7) is 15.4. The number of carbonyl (C=O) groups is 3. The Morgan fingerprint density at radius 2 is 1.70 bits per heavy atom. The van der Waals surface area contributed by atoms with Gasteiger partial charge in [0.1, 0.15) is 28.4 Å². The van der Waals surface area contributed by atoms with Crippen LogP contribution < -0.4 is 9.47 Å². The molecular weight excluding hydrogens is 584 g/mol. The predicted octanol–water partition coefficient (Wildman–Crippen LogP) is 7.24. The van der Waals surface area contributed by atoms with Crippen LogP contribution in [0.2, 0.25) is 0 Å². The average Bonchev–Trinajstić information content (AvgIpc) is 3.12. The van der Waals surface area contributed by atoms with Crippen molar-refractivity contribution >= 4 is 23.6 Å². The number of hydrogen-bond donors (Lipinski definition) is 2. The van der Waals surface area contributed by atoms with Crippen molar-refractivity contribution in [3.63, 3.8) is 0 Å². The number of carbonyl (C=O) groups excluding carboxylic acids is 2. The van der Waals surface area contributed by atoms with Gasteiger partial charge in [0.05, 0.1) is 11.2 Å². The van der Waals surface area contributed by atoms with Crippen molar-refractivity contribution in [3.8, 4) is 17.2 Å². The SMILES string of the molecule is CC(C)=CCC[C@@]1(C)C=Cc2c(O)c3c(c(CC=C(C)C)c2O1)O[C@]12C(=CC4CC1C(C)(C)O[C@]2(C/C=C(\C)C(=O)O)C4=O)C3=O. The van der Waals surface area contributed by atoms with Crippen LogP contribution in [0.1, 0.15) is 103 Å². The number of rotatable bonds is 8. The first-order chi connectivity index (χ1) is 21.5. The zero-order valence-corrected chi connectivity index (χ0v) is 28.0. The fourth-order valence-corrected chi connectivity index (χ4v) is 8.17. The van der Waals surface area contributed by atoms with Gasteiger partial charge in [0.2, 0.25) is 0 Å². The first-order valence-electron chi connectivity index (χ1n) is 16.2. The lowest BCUT2D eigenvalue weighted by molar-refractivity contribution is -0.171. The van der Waals surface area contributed by atoms with E-state index in [0.717, 1.165) is 12.0 Å². The molecule has 4 bridgehead atoms. The molecule has 6 aliphatic rings. The molecule has 2 N–H and O–H groups in total. The number of phenols is 1. The highest BCUT2D eigenvalue weighted by molar-refractivity contribution is 6.19. The van der Waals surface area contributed by atoms with Crippen molar-refractivity contribution in [2.45, 2.75) is 110 Å². The number of hydrogen-bond acceptors (Lipinski definition) is 7. The summed E-state index contributed by atoms with van der Waals surface area (Å²) in [6, 6.07) is 0. The highest BCUT2D eigenvalue weighted by Gasteiger charge is 2.81. The number of benzene rings is 1. The van der Waals surface area contributed by atoms with Crippen molar-refractivity contribution in [1.82, 2.24) is 0 Å². The van der Waals surface area contributed by atoms with E-state index in [1.807, 2.05) is 52.8 Å². The van der Waals surface area contributed by atoms with Gasteiger partial charge in [-0.3, -0.25) is 9.59 Å². The summed E-state index contributed by atoms with van der Waals surface area (Å²) in [5, 5.41) is 21.4. The van der Waals surface area contributed by atoms with Crippen molar-refractivity contribution < 1.29 is 38.8 Å². The Hall–Kier alpha value is -3.91. The van der Waals surface area contributed by atoms with Gasteiger partial charge < -0.3 is 24.4 Å². The molecule has 0 radical (unpaired) electrons. The molecule has 3 aliphatic heterocycles. The van der Waals surface area contributed by atoms with Crippen molar-refractivity contribution in [1.29, 1.82) is 0 Å². The van der Waals surface area contributed by atoms with E-state index in [-0.39, 0.29) is 40.8 Å². The van der Waals surface area contributed by atoms with E-state index >= 15 is 0 Å². The Bertz CT molecular complexity index is 1730. The van der Waals surface area contributed by atoms with Crippen molar-refractivity contribution in [2.24, 2.45) is 11.8 Å². The number of phenolic OH excluding ortho intramolecular Hbond substituents is 1. The first-order valence-corrected chi connectivity index (χ1v) is 16.2. The minimum Gasteiger partial charge on any atom is -0.506 e. The Morgan fingerprint density at radius 3 is 2.35 bits per heavy atom. The molecule has 5 atom stereocenters. The van der Waals surface area contributed by atoms with E-state index in [2.05, 4.69) is 19.9 Å². The highest BCUT2D eigenvalue weighted by Crippen LogP contribution is 2.68. The molecule has 8 heteroatoms. The van der Waals surface area contributed by atoms with E-state index in [1.165, 1.54) is 18.6 Å². The van der Waals surface area contributed by atoms with Gasteiger partial charge in [0, 0.05) is 35.0 Å². The lowest BCUT2D eigenvalue weighted by Crippen LogP contribution is -2.72. The van der Waals surface area contributed by atoms with E-state index in [0.29, 0.717) is 41.7 Å². The molecule has 0 aromatic heterocycles. The molecule has 244 valence electrons. The monoisotopic (exact) mass is 628 g/mol. The van der Waals surface area contributed by atoms with Gasteiger partial charge in [-0.1, -0.05) is 35.5 Å². The molecule has 2 unspecified atom stereocenters. The minimum absolute atomic E-state index is 0.0544. The summed E-state index contributed by atoms with van der Waals surface area (Å²) in [5.41, 5.74) is -0.952. The second-order valence-electron chi connectivity index (χ2n) is 14.8. The summed E-state index contributed by atoms with van der Waals surface area (Å²) in [4.78, 5) is 40.8. The van der Waals surface area contributed by atoms with Crippen LogP contribution in [-0.4, -0.2) is 50.2 Å². The first kappa shape index (κ1) is 32.0. The Labute approximate surface area is 270 Å². The summed E-state index contributed by atoms with van der Waals surface area (Å²) >= 11 is 0.